The van der Waals surface area contributed by atoms with Gasteiger partial charge in [0.05, 0.1) is 23.2 Å². The minimum atomic E-state index is -0.406. The number of hydrogen-bond donors (Lipinski definition) is 0. The highest BCUT2D eigenvalue weighted by atomic mass is 16.6. The first-order valence-corrected chi connectivity index (χ1v) is 9.17. The molecule has 0 saturated heterocycles. The van der Waals surface area contributed by atoms with Gasteiger partial charge >= 0.3 is 5.69 Å². The molecule has 0 saturated carbocycles. The summed E-state index contributed by atoms with van der Waals surface area (Å²) in [7, 11) is 0. The molecule has 2 rings (SSSR count). The number of nitro benzene ring substituents is 1. The van der Waals surface area contributed by atoms with Crippen LogP contribution in [0, 0.1) is 10.1 Å². The first-order chi connectivity index (χ1) is 12.2. The standard InChI is InChI=1S/C19H28N2O4/c1-3-5-11-20(12-6-4-2)13-7-14-25-19-16-10-15-24-18(16)9-8-17(19)21(22)23/h8-10,15H,3-7,11-14H2,1-2H3. The average molecular weight is 348 g/mol. The molecule has 2 aromatic rings. The molecule has 6 heteroatoms. The van der Waals surface area contributed by atoms with Crippen LogP contribution in [0.15, 0.2) is 28.9 Å². The van der Waals surface area contributed by atoms with E-state index < -0.39 is 4.92 Å². The van der Waals surface area contributed by atoms with Gasteiger partial charge in [-0.3, -0.25) is 10.1 Å². The number of hydrogen-bond acceptors (Lipinski definition) is 5. The Kier molecular flexibility index (Phi) is 7.73. The number of nitrogens with zero attached hydrogens (tertiary/aromatic N) is 2. The molecule has 6 nitrogen and oxygen atoms in total. The van der Waals surface area contributed by atoms with Crippen LogP contribution in [0.1, 0.15) is 46.0 Å². The van der Waals surface area contributed by atoms with E-state index in [0.29, 0.717) is 23.3 Å². The number of unbranched alkanes of at least 4 members (excludes halogenated alkanes) is 2. The zero-order valence-electron chi connectivity index (χ0n) is 15.2. The van der Waals surface area contributed by atoms with Gasteiger partial charge in [0.25, 0.3) is 0 Å². The van der Waals surface area contributed by atoms with Crippen molar-refractivity contribution in [3.8, 4) is 5.75 Å². The Labute approximate surface area is 148 Å². The molecule has 138 valence electrons. The minimum absolute atomic E-state index is 0.0114. The van der Waals surface area contributed by atoms with E-state index in [1.165, 1.54) is 38.0 Å². The third-order valence-corrected chi connectivity index (χ3v) is 4.28. The summed E-state index contributed by atoms with van der Waals surface area (Å²) in [6.07, 6.45) is 7.15. The molecule has 25 heavy (non-hydrogen) atoms. The second kappa shape index (κ2) is 10.0. The second-order valence-electron chi connectivity index (χ2n) is 6.25. The lowest BCUT2D eigenvalue weighted by Gasteiger charge is -2.21. The van der Waals surface area contributed by atoms with Crippen molar-refractivity contribution < 1.29 is 14.1 Å². The molecule has 0 fully saturated rings. The maximum atomic E-state index is 11.3. The Morgan fingerprint density at radius 1 is 1.08 bits per heavy atom. The molecular formula is C19H28N2O4. The van der Waals surface area contributed by atoms with E-state index in [9.17, 15) is 10.1 Å². The van der Waals surface area contributed by atoms with Crippen LogP contribution in [-0.4, -0.2) is 36.1 Å². The van der Waals surface area contributed by atoms with E-state index in [2.05, 4.69) is 18.7 Å². The average Bonchev–Trinajstić information content (AvgIpc) is 3.08. The Morgan fingerprint density at radius 3 is 2.40 bits per heavy atom. The quantitative estimate of drug-likeness (QED) is 0.306. The SMILES string of the molecule is CCCCN(CCCC)CCCOc1c([N+](=O)[O-])ccc2occc12. The third kappa shape index (κ3) is 5.46. The Bertz CT molecular complexity index is 660. The van der Waals surface area contributed by atoms with E-state index in [-0.39, 0.29) is 5.69 Å². The lowest BCUT2D eigenvalue weighted by molar-refractivity contribution is -0.385. The van der Waals surface area contributed by atoms with Crippen molar-refractivity contribution in [1.29, 1.82) is 0 Å². The summed E-state index contributed by atoms with van der Waals surface area (Å²) in [6.45, 7) is 8.02. The normalized spacial score (nSPS) is 11.3. The van der Waals surface area contributed by atoms with Crippen LogP contribution in [-0.2, 0) is 0 Å². The zero-order chi connectivity index (χ0) is 18.1. The van der Waals surface area contributed by atoms with Crippen LogP contribution in [0.2, 0.25) is 0 Å². The van der Waals surface area contributed by atoms with Crippen molar-refractivity contribution in [2.45, 2.75) is 46.0 Å². The van der Waals surface area contributed by atoms with E-state index in [4.69, 9.17) is 9.15 Å². The fourth-order valence-electron chi connectivity index (χ4n) is 2.86. The number of nitro groups is 1. The molecule has 0 bridgehead atoms. The number of rotatable bonds is 12. The summed E-state index contributed by atoms with van der Waals surface area (Å²) in [5.74, 6) is 0.310. The van der Waals surface area contributed by atoms with Gasteiger partial charge in [-0.05, 0) is 44.5 Å². The fraction of sp³-hybridized carbons (Fsp3) is 0.579. The molecule has 1 heterocycles. The summed E-state index contributed by atoms with van der Waals surface area (Å²) in [6, 6.07) is 4.76. The van der Waals surface area contributed by atoms with Gasteiger partial charge in [-0.1, -0.05) is 26.7 Å². The predicted octanol–water partition coefficient (Wildman–Crippen LogP) is 5.01. The van der Waals surface area contributed by atoms with Gasteiger partial charge in [-0.15, -0.1) is 0 Å². The number of fused-ring (bicyclic) bond motifs is 1. The van der Waals surface area contributed by atoms with E-state index in [1.807, 2.05) is 0 Å². The summed E-state index contributed by atoms with van der Waals surface area (Å²) in [5.41, 5.74) is 0.593. The molecule has 1 aromatic carbocycles. The maximum absolute atomic E-state index is 11.3. The molecule has 0 spiro atoms. The molecule has 1 aromatic heterocycles. The van der Waals surface area contributed by atoms with Crippen LogP contribution in [0.4, 0.5) is 5.69 Å². The van der Waals surface area contributed by atoms with Crippen LogP contribution in [0.25, 0.3) is 11.0 Å². The molecule has 0 amide bonds. The maximum Gasteiger partial charge on any atom is 0.311 e. The minimum Gasteiger partial charge on any atom is -0.486 e. The van der Waals surface area contributed by atoms with Crippen molar-refractivity contribution in [3.63, 3.8) is 0 Å². The number of ether oxygens (including phenoxy) is 1. The van der Waals surface area contributed by atoms with Crippen molar-refractivity contribution in [2.24, 2.45) is 0 Å². The molecule has 0 aliphatic heterocycles. The molecular weight excluding hydrogens is 320 g/mol. The van der Waals surface area contributed by atoms with Crippen LogP contribution >= 0.6 is 0 Å². The van der Waals surface area contributed by atoms with Gasteiger partial charge in [0.1, 0.15) is 5.58 Å². The topological polar surface area (TPSA) is 68.8 Å². The summed E-state index contributed by atoms with van der Waals surface area (Å²) >= 11 is 0. The fourth-order valence-corrected chi connectivity index (χ4v) is 2.86. The zero-order valence-corrected chi connectivity index (χ0v) is 15.2. The molecule has 0 unspecified atom stereocenters. The highest BCUT2D eigenvalue weighted by molar-refractivity contribution is 5.88. The number of furan rings is 1. The third-order valence-electron chi connectivity index (χ3n) is 4.28. The van der Waals surface area contributed by atoms with E-state index in [1.54, 1.807) is 12.1 Å². The van der Waals surface area contributed by atoms with Crippen molar-refractivity contribution in [3.05, 3.63) is 34.6 Å². The first kappa shape index (κ1) is 19.2. The van der Waals surface area contributed by atoms with Gasteiger partial charge < -0.3 is 14.1 Å². The Hall–Kier alpha value is -2.08. The van der Waals surface area contributed by atoms with E-state index in [0.717, 1.165) is 26.1 Å². The van der Waals surface area contributed by atoms with Crippen molar-refractivity contribution in [2.75, 3.05) is 26.2 Å². The highest BCUT2D eigenvalue weighted by Crippen LogP contribution is 2.35. The summed E-state index contributed by atoms with van der Waals surface area (Å²) in [5, 5.41) is 11.9. The van der Waals surface area contributed by atoms with Crippen LogP contribution < -0.4 is 4.74 Å². The second-order valence-corrected chi connectivity index (χ2v) is 6.25. The lowest BCUT2D eigenvalue weighted by Crippen LogP contribution is -2.28. The van der Waals surface area contributed by atoms with Gasteiger partial charge in [0.2, 0.25) is 5.75 Å². The van der Waals surface area contributed by atoms with Crippen LogP contribution in [0.5, 0.6) is 5.75 Å². The highest BCUT2D eigenvalue weighted by Gasteiger charge is 2.19. The largest absolute Gasteiger partial charge is 0.486 e. The molecule has 0 radical (unpaired) electrons. The Morgan fingerprint density at radius 2 is 1.76 bits per heavy atom. The van der Waals surface area contributed by atoms with Crippen LogP contribution in [0.3, 0.4) is 0 Å². The van der Waals surface area contributed by atoms with Gasteiger partial charge in [-0.2, -0.15) is 0 Å². The number of benzene rings is 1. The predicted molar refractivity (Wildman–Crippen MR) is 99.2 cm³/mol. The summed E-state index contributed by atoms with van der Waals surface area (Å²) in [4.78, 5) is 13.3. The van der Waals surface area contributed by atoms with Gasteiger partial charge in [0.15, 0.2) is 0 Å². The monoisotopic (exact) mass is 348 g/mol. The Balaban J connectivity index is 1.94. The van der Waals surface area contributed by atoms with Gasteiger partial charge in [-0.25, -0.2) is 0 Å². The summed E-state index contributed by atoms with van der Waals surface area (Å²) < 4.78 is 11.1. The molecule has 0 aliphatic carbocycles. The first-order valence-electron chi connectivity index (χ1n) is 9.17. The van der Waals surface area contributed by atoms with Crippen molar-refractivity contribution >= 4 is 16.7 Å². The van der Waals surface area contributed by atoms with Gasteiger partial charge in [0, 0.05) is 12.6 Å². The molecule has 0 aliphatic rings. The van der Waals surface area contributed by atoms with E-state index >= 15 is 0 Å². The molecule has 0 atom stereocenters. The lowest BCUT2D eigenvalue weighted by atomic mass is 10.2. The molecule has 0 N–H and O–H groups in total. The smallest absolute Gasteiger partial charge is 0.311 e. The van der Waals surface area contributed by atoms with Crippen molar-refractivity contribution in [1.82, 2.24) is 4.90 Å².